The SMILES string of the molecule is c1ccc(-c2nc(-c3ccc4c(c3)C3c5ccccc5C4c4cc(-c5nc(-c6ccccc6)nc(-c6ccccc6-c6ccc7oc8ccccc8c7c6)n5)ccc43)nc(-c3ccccc3-c3ccc4oc5ccccc5c4c3)n2)cc1. The van der Waals surface area contributed by atoms with E-state index in [1.165, 1.54) is 33.4 Å². The molecule has 18 rings (SSSR count). The first-order chi connectivity index (χ1) is 40.6. The maximum Gasteiger partial charge on any atom is 0.164 e. The Kier molecular flexibility index (Phi) is 10.3. The van der Waals surface area contributed by atoms with Crippen molar-refractivity contribution in [1.82, 2.24) is 29.9 Å². The predicted octanol–water partition coefficient (Wildman–Crippen LogP) is 18.2. The Morgan fingerprint density at radius 2 is 0.537 bits per heavy atom. The standard InChI is InChI=1S/C74H44N6O2/c1-3-17-43(18-4-1)69-75-71(79-73(77-69)57-27-11-7-21-49(57)45-33-37-65-59(39-45)51-23-13-15-29-63(51)81-65)47-31-35-55-61(41-47)67-53-25-9-10-26-54(53)68(55)62-42-48(32-36-56(62)67)72-76-70(44-19-5-2-6-20-44)78-74(80-72)58-28-12-8-22-50(58)46-34-38-66-60(40-46)52-24-14-16-30-64(52)82-66/h1-42,67-68H. The Morgan fingerprint density at radius 1 is 0.207 bits per heavy atom. The molecule has 0 saturated carbocycles. The monoisotopic (exact) mass is 1050 g/mol. The highest BCUT2D eigenvalue weighted by Crippen LogP contribution is 2.57. The molecule has 8 nitrogen and oxygen atoms in total. The first-order valence-corrected chi connectivity index (χ1v) is 27.6. The lowest BCUT2D eigenvalue weighted by Gasteiger charge is -2.42. The molecule has 0 amide bonds. The van der Waals surface area contributed by atoms with E-state index in [4.69, 9.17) is 38.7 Å². The molecule has 382 valence electrons. The molecule has 0 radical (unpaired) electrons. The Hall–Kier alpha value is -11.0. The van der Waals surface area contributed by atoms with Crippen molar-refractivity contribution < 1.29 is 8.83 Å². The van der Waals surface area contributed by atoms with Crippen molar-refractivity contribution in [2.45, 2.75) is 11.8 Å². The van der Waals surface area contributed by atoms with E-state index in [9.17, 15) is 0 Å². The third kappa shape index (κ3) is 7.38. The van der Waals surface area contributed by atoms with Gasteiger partial charge in [-0.3, -0.25) is 0 Å². The first kappa shape index (κ1) is 46.0. The Labute approximate surface area is 470 Å². The summed E-state index contributed by atoms with van der Waals surface area (Å²) in [5.74, 6) is 3.58. The van der Waals surface area contributed by atoms with Gasteiger partial charge >= 0.3 is 0 Å². The molecular formula is C74H44N6O2. The van der Waals surface area contributed by atoms with Crippen molar-refractivity contribution in [3.05, 3.63) is 288 Å². The van der Waals surface area contributed by atoms with Gasteiger partial charge in [0.1, 0.15) is 22.3 Å². The van der Waals surface area contributed by atoms with Crippen LogP contribution in [0.1, 0.15) is 45.2 Å². The summed E-state index contributed by atoms with van der Waals surface area (Å²) in [6.07, 6.45) is 0. The van der Waals surface area contributed by atoms with Crippen molar-refractivity contribution in [3.63, 3.8) is 0 Å². The summed E-state index contributed by atoms with van der Waals surface area (Å²) < 4.78 is 12.5. The molecule has 2 unspecified atom stereocenters. The van der Waals surface area contributed by atoms with Gasteiger partial charge < -0.3 is 8.83 Å². The van der Waals surface area contributed by atoms with E-state index in [1.807, 2.05) is 60.7 Å². The lowest BCUT2D eigenvalue weighted by molar-refractivity contribution is 0.668. The van der Waals surface area contributed by atoms with Crippen molar-refractivity contribution >= 4 is 43.9 Å². The number of hydrogen-bond donors (Lipinski definition) is 0. The molecule has 3 aliphatic rings. The summed E-state index contributed by atoms with van der Waals surface area (Å²) in [5, 5.41) is 4.30. The van der Waals surface area contributed by atoms with Gasteiger partial charge in [0.15, 0.2) is 34.9 Å². The second kappa shape index (κ2) is 18.3. The molecule has 3 aliphatic carbocycles. The van der Waals surface area contributed by atoms with Crippen LogP contribution in [0.25, 0.3) is 134 Å². The fourth-order valence-electron chi connectivity index (χ4n) is 12.8. The molecule has 11 aromatic carbocycles. The Balaban J connectivity index is 0.781. The van der Waals surface area contributed by atoms with Gasteiger partial charge in [-0.2, -0.15) is 0 Å². The number of para-hydroxylation sites is 2. The number of nitrogens with zero attached hydrogens (tertiary/aromatic N) is 6. The number of benzene rings is 11. The van der Waals surface area contributed by atoms with E-state index in [2.05, 4.69) is 194 Å². The second-order valence-corrected chi connectivity index (χ2v) is 21.2. The molecule has 8 heteroatoms. The molecular weight excluding hydrogens is 1000 g/mol. The van der Waals surface area contributed by atoms with Gasteiger partial charge in [-0.25, -0.2) is 29.9 Å². The van der Waals surface area contributed by atoms with Crippen LogP contribution in [0.5, 0.6) is 0 Å². The van der Waals surface area contributed by atoms with Crippen LogP contribution in [0.4, 0.5) is 0 Å². The van der Waals surface area contributed by atoms with Crippen LogP contribution < -0.4 is 0 Å². The van der Waals surface area contributed by atoms with Gasteiger partial charge in [-0.15, -0.1) is 0 Å². The molecule has 15 aromatic rings. The minimum absolute atomic E-state index is 0.0323. The van der Waals surface area contributed by atoms with E-state index in [0.29, 0.717) is 34.9 Å². The van der Waals surface area contributed by atoms with Crippen molar-refractivity contribution in [2.75, 3.05) is 0 Å². The zero-order valence-electron chi connectivity index (χ0n) is 43.9. The summed E-state index contributed by atoms with van der Waals surface area (Å²) in [7, 11) is 0. The fraction of sp³-hybridized carbons (Fsp3) is 0.0270. The largest absolute Gasteiger partial charge is 0.456 e. The molecule has 0 fully saturated rings. The molecule has 2 bridgehead atoms. The number of fused-ring (bicyclic) bond motifs is 6. The van der Waals surface area contributed by atoms with Gasteiger partial charge in [0.25, 0.3) is 0 Å². The minimum atomic E-state index is -0.0323. The van der Waals surface area contributed by atoms with Crippen molar-refractivity contribution in [1.29, 1.82) is 0 Å². The number of furan rings is 2. The fourth-order valence-corrected chi connectivity index (χ4v) is 12.8. The third-order valence-electron chi connectivity index (χ3n) is 16.6. The molecule has 4 heterocycles. The van der Waals surface area contributed by atoms with Crippen molar-refractivity contribution in [2.24, 2.45) is 0 Å². The van der Waals surface area contributed by atoms with E-state index < -0.39 is 0 Å². The molecule has 4 aromatic heterocycles. The zero-order valence-corrected chi connectivity index (χ0v) is 43.9. The summed E-state index contributed by atoms with van der Waals surface area (Å²) in [6.45, 7) is 0. The quantitative estimate of drug-likeness (QED) is 0.148. The average Bonchev–Trinajstić information content (AvgIpc) is 2.24. The van der Waals surface area contributed by atoms with E-state index >= 15 is 0 Å². The van der Waals surface area contributed by atoms with Crippen molar-refractivity contribution in [3.8, 4) is 90.6 Å². The van der Waals surface area contributed by atoms with Gasteiger partial charge in [0.2, 0.25) is 0 Å². The topological polar surface area (TPSA) is 104 Å². The zero-order chi connectivity index (χ0) is 53.8. The predicted molar refractivity (Wildman–Crippen MR) is 326 cm³/mol. The molecule has 2 atom stereocenters. The number of aromatic nitrogens is 6. The molecule has 0 saturated heterocycles. The second-order valence-electron chi connectivity index (χ2n) is 21.2. The van der Waals surface area contributed by atoms with Crippen LogP contribution in [0.15, 0.2) is 264 Å². The van der Waals surface area contributed by atoms with Crippen LogP contribution in [0.3, 0.4) is 0 Å². The molecule has 0 aliphatic heterocycles. The number of rotatable bonds is 8. The Morgan fingerprint density at radius 3 is 0.988 bits per heavy atom. The Bertz CT molecular complexity index is 4770. The highest BCUT2D eigenvalue weighted by molar-refractivity contribution is 6.08. The summed E-state index contributed by atoms with van der Waals surface area (Å²) in [6, 6.07) is 88.9. The third-order valence-corrected chi connectivity index (χ3v) is 16.6. The minimum Gasteiger partial charge on any atom is -0.456 e. The normalized spacial score (nSPS) is 14.1. The molecule has 0 spiro atoms. The highest BCUT2D eigenvalue weighted by atomic mass is 16.3. The van der Waals surface area contributed by atoms with Crippen LogP contribution in [0, 0.1) is 0 Å². The average molecular weight is 1050 g/mol. The highest BCUT2D eigenvalue weighted by Gasteiger charge is 2.42. The summed E-state index contributed by atoms with van der Waals surface area (Å²) in [5.41, 5.74) is 20.7. The molecule has 0 N–H and O–H groups in total. The molecule has 82 heavy (non-hydrogen) atoms. The smallest absolute Gasteiger partial charge is 0.164 e. The van der Waals surface area contributed by atoms with Gasteiger partial charge in [-0.1, -0.05) is 206 Å². The van der Waals surface area contributed by atoms with Crippen LogP contribution in [0.2, 0.25) is 0 Å². The van der Waals surface area contributed by atoms with E-state index in [1.54, 1.807) is 0 Å². The van der Waals surface area contributed by atoms with Crippen LogP contribution in [-0.2, 0) is 0 Å². The summed E-state index contributed by atoms with van der Waals surface area (Å²) in [4.78, 5) is 31.7. The van der Waals surface area contributed by atoms with Gasteiger partial charge in [-0.05, 0) is 104 Å². The maximum absolute atomic E-state index is 6.23. The maximum atomic E-state index is 6.23. The van der Waals surface area contributed by atoms with Crippen LogP contribution in [-0.4, -0.2) is 29.9 Å². The summed E-state index contributed by atoms with van der Waals surface area (Å²) >= 11 is 0. The van der Waals surface area contributed by atoms with Gasteiger partial charge in [0, 0.05) is 66.8 Å². The van der Waals surface area contributed by atoms with E-state index in [-0.39, 0.29) is 11.8 Å². The first-order valence-electron chi connectivity index (χ1n) is 27.6. The van der Waals surface area contributed by atoms with E-state index in [0.717, 1.165) is 99.5 Å². The van der Waals surface area contributed by atoms with Crippen LogP contribution >= 0.6 is 0 Å². The number of hydrogen-bond acceptors (Lipinski definition) is 8. The van der Waals surface area contributed by atoms with Gasteiger partial charge in [0.05, 0.1) is 0 Å². The lowest BCUT2D eigenvalue weighted by atomic mass is 9.61. The lowest BCUT2D eigenvalue weighted by Crippen LogP contribution is -2.27.